The van der Waals surface area contributed by atoms with Crippen LogP contribution in [-0.4, -0.2) is 43.0 Å². The molecule has 1 amide bonds. The highest BCUT2D eigenvalue weighted by Crippen LogP contribution is 2.07. The van der Waals surface area contributed by atoms with E-state index in [4.69, 9.17) is 10.5 Å². The summed E-state index contributed by atoms with van der Waals surface area (Å²) in [5.74, 6) is -0.354. The molecule has 0 atom stereocenters. The smallest absolute Gasteiger partial charge is 0.306 e. The van der Waals surface area contributed by atoms with Gasteiger partial charge in [0.2, 0.25) is 0 Å². The Balaban J connectivity index is 0. The molecule has 0 spiro atoms. The number of likely N-dealkylation sites (tertiary alicyclic amines) is 1. The first kappa shape index (κ1) is 17.6. The minimum Gasteiger partial charge on any atom is -0.456 e. The van der Waals surface area contributed by atoms with Crippen LogP contribution in [0.3, 0.4) is 0 Å². The lowest BCUT2D eigenvalue weighted by Crippen LogP contribution is -2.32. The minimum atomic E-state index is -0.283. The van der Waals surface area contributed by atoms with E-state index in [-0.39, 0.29) is 19.9 Å². The molecule has 2 N–H and O–H groups in total. The van der Waals surface area contributed by atoms with Crippen LogP contribution >= 0.6 is 0 Å². The van der Waals surface area contributed by atoms with Gasteiger partial charge >= 0.3 is 5.97 Å². The Bertz CT molecular complexity index is 269. The predicted molar refractivity (Wildman–Crippen MR) is 77.7 cm³/mol. The van der Waals surface area contributed by atoms with E-state index in [1.54, 1.807) is 4.90 Å². The van der Waals surface area contributed by atoms with Crippen LogP contribution < -0.4 is 5.73 Å². The molecule has 0 aromatic carbocycles. The highest BCUT2D eigenvalue weighted by molar-refractivity contribution is 5.80. The number of ether oxygens (including phenoxy) is 1. The largest absolute Gasteiger partial charge is 0.456 e. The van der Waals surface area contributed by atoms with Crippen molar-refractivity contribution in [1.82, 2.24) is 4.90 Å². The van der Waals surface area contributed by atoms with E-state index in [9.17, 15) is 9.59 Å². The lowest BCUT2D eigenvalue weighted by molar-refractivity contribution is -0.151. The van der Waals surface area contributed by atoms with Gasteiger partial charge in [0, 0.05) is 20.9 Å². The molecule has 0 radical (unpaired) electrons. The Morgan fingerprint density at radius 1 is 1.16 bits per heavy atom. The SMILES string of the molecule is C=C.NCCCCCC(=O)OCC(=O)N1CCCC1.[HH]. The molecule has 1 aliphatic rings. The van der Waals surface area contributed by atoms with E-state index in [2.05, 4.69) is 13.2 Å². The van der Waals surface area contributed by atoms with Crippen molar-refractivity contribution in [3.63, 3.8) is 0 Å². The Morgan fingerprint density at radius 3 is 2.37 bits per heavy atom. The number of esters is 1. The van der Waals surface area contributed by atoms with E-state index >= 15 is 0 Å². The molecule has 5 nitrogen and oxygen atoms in total. The van der Waals surface area contributed by atoms with Crippen molar-refractivity contribution < 1.29 is 15.8 Å². The van der Waals surface area contributed by atoms with Crippen LogP contribution in [0.4, 0.5) is 0 Å². The Morgan fingerprint density at radius 2 is 1.79 bits per heavy atom. The topological polar surface area (TPSA) is 72.6 Å². The number of hydrogen-bond donors (Lipinski definition) is 1. The molecular formula is C14H28N2O3. The van der Waals surface area contributed by atoms with Crippen LogP contribution in [0, 0.1) is 0 Å². The molecule has 0 bridgehead atoms. The number of nitrogens with two attached hydrogens (primary N) is 1. The van der Waals surface area contributed by atoms with E-state index < -0.39 is 0 Å². The first-order valence-corrected chi connectivity index (χ1v) is 6.87. The minimum absolute atomic E-state index is 0. The fourth-order valence-corrected chi connectivity index (χ4v) is 1.86. The monoisotopic (exact) mass is 272 g/mol. The maximum atomic E-state index is 11.6. The summed E-state index contributed by atoms with van der Waals surface area (Å²) >= 11 is 0. The predicted octanol–water partition coefficient (Wildman–Crippen LogP) is 1.72. The van der Waals surface area contributed by atoms with Crippen molar-refractivity contribution in [2.24, 2.45) is 5.73 Å². The molecule has 1 rings (SSSR count). The van der Waals surface area contributed by atoms with E-state index in [0.717, 1.165) is 45.2 Å². The molecule has 1 saturated heterocycles. The van der Waals surface area contributed by atoms with Gasteiger partial charge in [0.05, 0.1) is 0 Å². The number of carbonyl (C=O) groups is 2. The summed E-state index contributed by atoms with van der Waals surface area (Å²) in [6, 6.07) is 0. The van der Waals surface area contributed by atoms with E-state index in [0.29, 0.717) is 13.0 Å². The zero-order chi connectivity index (χ0) is 14.5. The van der Waals surface area contributed by atoms with Crippen molar-refractivity contribution in [3.05, 3.63) is 13.2 Å². The van der Waals surface area contributed by atoms with Gasteiger partial charge in [-0.3, -0.25) is 9.59 Å². The summed E-state index contributed by atoms with van der Waals surface area (Å²) in [6.45, 7) is 8.15. The molecular weight excluding hydrogens is 244 g/mol. The van der Waals surface area contributed by atoms with E-state index in [1.807, 2.05) is 0 Å². The number of carbonyl (C=O) groups excluding carboxylic acids is 2. The normalized spacial score (nSPS) is 13.6. The van der Waals surface area contributed by atoms with Crippen LogP contribution in [0.1, 0.15) is 40.0 Å². The second-order valence-electron chi connectivity index (χ2n) is 4.35. The maximum Gasteiger partial charge on any atom is 0.306 e. The fraction of sp³-hybridized carbons (Fsp3) is 0.714. The van der Waals surface area contributed by atoms with Gasteiger partial charge in [-0.15, -0.1) is 13.2 Å². The van der Waals surface area contributed by atoms with Crippen LogP contribution in [0.25, 0.3) is 0 Å². The van der Waals surface area contributed by atoms with Gasteiger partial charge in [0.1, 0.15) is 0 Å². The van der Waals surface area contributed by atoms with Crippen molar-refractivity contribution in [2.75, 3.05) is 26.2 Å². The summed E-state index contributed by atoms with van der Waals surface area (Å²) in [4.78, 5) is 24.6. The molecule has 0 aliphatic carbocycles. The van der Waals surface area contributed by atoms with Gasteiger partial charge in [-0.25, -0.2) is 0 Å². The quantitative estimate of drug-likeness (QED) is 0.435. The van der Waals surface area contributed by atoms with Crippen LogP contribution in [0.5, 0.6) is 0 Å². The van der Waals surface area contributed by atoms with Gasteiger partial charge in [0.25, 0.3) is 5.91 Å². The van der Waals surface area contributed by atoms with Gasteiger partial charge in [-0.1, -0.05) is 6.42 Å². The van der Waals surface area contributed by atoms with Crippen LogP contribution in [0.15, 0.2) is 13.2 Å². The van der Waals surface area contributed by atoms with Gasteiger partial charge in [0.15, 0.2) is 6.61 Å². The van der Waals surface area contributed by atoms with Gasteiger partial charge in [-0.05, 0) is 32.2 Å². The molecule has 1 heterocycles. The zero-order valence-electron chi connectivity index (χ0n) is 11.7. The lowest BCUT2D eigenvalue weighted by Gasteiger charge is -2.14. The van der Waals surface area contributed by atoms with Crippen molar-refractivity contribution >= 4 is 11.9 Å². The maximum absolute atomic E-state index is 11.6. The number of amides is 1. The van der Waals surface area contributed by atoms with Crippen LogP contribution in [0.2, 0.25) is 0 Å². The van der Waals surface area contributed by atoms with E-state index in [1.165, 1.54) is 0 Å². The zero-order valence-corrected chi connectivity index (χ0v) is 11.7. The standard InChI is InChI=1S/C12H22N2O3.C2H4.H2/c13-7-3-1-2-6-12(16)17-10-11(15)14-8-4-5-9-14;1-2;/h1-10,13H2;1-2H2;1H. The summed E-state index contributed by atoms with van der Waals surface area (Å²) in [5, 5.41) is 0. The molecule has 112 valence electrons. The number of hydrogen-bond acceptors (Lipinski definition) is 4. The molecule has 1 aliphatic heterocycles. The second-order valence-corrected chi connectivity index (χ2v) is 4.35. The van der Waals surface area contributed by atoms with Crippen LogP contribution in [-0.2, 0) is 14.3 Å². The second kappa shape index (κ2) is 11.7. The highest BCUT2D eigenvalue weighted by Gasteiger charge is 2.18. The van der Waals surface area contributed by atoms with Crippen molar-refractivity contribution in [1.29, 1.82) is 0 Å². The van der Waals surface area contributed by atoms with Gasteiger partial charge < -0.3 is 15.4 Å². The highest BCUT2D eigenvalue weighted by atomic mass is 16.5. The molecule has 19 heavy (non-hydrogen) atoms. The first-order chi connectivity index (χ1) is 9.24. The lowest BCUT2D eigenvalue weighted by atomic mass is 10.2. The number of nitrogens with zero attached hydrogens (tertiary/aromatic N) is 1. The molecule has 5 heteroatoms. The number of rotatable bonds is 7. The molecule has 0 unspecified atom stereocenters. The summed E-state index contributed by atoms with van der Waals surface area (Å²) in [5.41, 5.74) is 5.35. The summed E-state index contributed by atoms with van der Waals surface area (Å²) in [7, 11) is 0. The third kappa shape index (κ3) is 8.37. The molecule has 0 saturated carbocycles. The third-order valence-corrected chi connectivity index (χ3v) is 2.90. The van der Waals surface area contributed by atoms with Crippen molar-refractivity contribution in [2.45, 2.75) is 38.5 Å². The van der Waals surface area contributed by atoms with Gasteiger partial charge in [-0.2, -0.15) is 0 Å². The molecule has 1 fully saturated rings. The first-order valence-electron chi connectivity index (χ1n) is 6.87. The number of unbranched alkanes of at least 4 members (excludes halogenated alkanes) is 2. The average Bonchev–Trinajstić information content (AvgIpc) is 2.97. The van der Waals surface area contributed by atoms with Crippen molar-refractivity contribution in [3.8, 4) is 0 Å². The Kier molecular flexibility index (Phi) is 10.9. The Labute approximate surface area is 117 Å². The molecule has 0 aromatic heterocycles. The average molecular weight is 272 g/mol. The molecule has 0 aromatic rings. The Hall–Kier alpha value is -1.36. The third-order valence-electron chi connectivity index (χ3n) is 2.90. The fourth-order valence-electron chi connectivity index (χ4n) is 1.86. The summed E-state index contributed by atoms with van der Waals surface area (Å²) in [6.07, 6.45) is 5.14. The summed E-state index contributed by atoms with van der Waals surface area (Å²) < 4.78 is 4.94.